The second-order valence-corrected chi connectivity index (χ2v) is 5.14. The number of aromatic carboxylic acids is 1. The lowest BCUT2D eigenvalue weighted by molar-refractivity contribution is -0.114. The fraction of sp³-hybridized carbons (Fsp3) is 0.0625. The molecule has 0 aliphatic carbocycles. The number of pyridine rings is 1. The van der Waals surface area contributed by atoms with Crippen LogP contribution in [0, 0.1) is 5.82 Å². The summed E-state index contributed by atoms with van der Waals surface area (Å²) < 4.78 is 13.0. The van der Waals surface area contributed by atoms with E-state index in [2.05, 4.69) is 20.6 Å². The van der Waals surface area contributed by atoms with Gasteiger partial charge in [0.15, 0.2) is 0 Å². The summed E-state index contributed by atoms with van der Waals surface area (Å²) in [6.07, 6.45) is 1.07. The summed E-state index contributed by atoms with van der Waals surface area (Å²) in [5, 5.41) is 15.4. The van der Waals surface area contributed by atoms with E-state index in [0.29, 0.717) is 28.1 Å². The molecule has 4 N–H and O–H groups in total. The van der Waals surface area contributed by atoms with E-state index in [1.54, 1.807) is 12.1 Å². The van der Waals surface area contributed by atoms with Crippen molar-refractivity contribution in [2.75, 3.05) is 10.6 Å². The number of halogens is 1. The number of nitrogens with zero attached hydrogens (tertiary/aromatic N) is 1. The largest absolute Gasteiger partial charge is 0.477 e. The quantitative estimate of drug-likeness (QED) is 0.589. The van der Waals surface area contributed by atoms with E-state index in [1.807, 2.05) is 0 Å². The van der Waals surface area contributed by atoms with Crippen LogP contribution in [0.3, 0.4) is 0 Å². The number of benzene rings is 1. The number of carbonyl (C=O) groups is 2. The van der Waals surface area contributed by atoms with Crippen molar-refractivity contribution in [2.45, 2.75) is 6.92 Å². The van der Waals surface area contributed by atoms with Crippen molar-refractivity contribution in [3.05, 3.63) is 48.0 Å². The summed E-state index contributed by atoms with van der Waals surface area (Å²) in [7, 11) is 0. The van der Waals surface area contributed by atoms with Gasteiger partial charge in [0.2, 0.25) is 5.91 Å². The van der Waals surface area contributed by atoms with Gasteiger partial charge in [-0.3, -0.25) is 4.79 Å². The third kappa shape index (κ3) is 3.17. The highest BCUT2D eigenvalue weighted by molar-refractivity contribution is 6.03. The van der Waals surface area contributed by atoms with Crippen molar-refractivity contribution in [3.8, 4) is 0 Å². The number of nitrogens with one attached hydrogen (secondary N) is 3. The average molecular weight is 328 g/mol. The minimum atomic E-state index is -1.10. The molecule has 0 saturated carbocycles. The molecule has 3 rings (SSSR count). The van der Waals surface area contributed by atoms with Gasteiger partial charge in [-0.25, -0.2) is 14.2 Å². The van der Waals surface area contributed by atoms with Gasteiger partial charge in [0.1, 0.15) is 17.3 Å². The van der Waals surface area contributed by atoms with Gasteiger partial charge in [0.05, 0.1) is 17.4 Å². The number of aromatic amines is 1. The lowest BCUT2D eigenvalue weighted by Crippen LogP contribution is -2.06. The summed E-state index contributed by atoms with van der Waals surface area (Å²) in [5.41, 5.74) is 1.56. The minimum Gasteiger partial charge on any atom is -0.477 e. The van der Waals surface area contributed by atoms with Crippen LogP contribution in [0.2, 0.25) is 0 Å². The van der Waals surface area contributed by atoms with E-state index in [9.17, 15) is 14.0 Å². The first-order valence-electron chi connectivity index (χ1n) is 6.98. The molecule has 2 heterocycles. The molecule has 0 unspecified atom stereocenters. The van der Waals surface area contributed by atoms with Crippen LogP contribution in [-0.4, -0.2) is 27.0 Å². The normalized spacial score (nSPS) is 10.6. The van der Waals surface area contributed by atoms with Gasteiger partial charge in [-0.1, -0.05) is 0 Å². The fourth-order valence-electron chi connectivity index (χ4n) is 2.32. The van der Waals surface area contributed by atoms with E-state index in [-0.39, 0.29) is 11.6 Å². The van der Waals surface area contributed by atoms with Crippen LogP contribution in [0.5, 0.6) is 0 Å². The molecule has 122 valence electrons. The summed E-state index contributed by atoms with van der Waals surface area (Å²) in [6, 6.07) is 7.46. The SMILES string of the molecule is CC(=O)Nc1cc(Nc2ccc(F)cn2)c2cc(C(=O)O)[nH]c2c1. The van der Waals surface area contributed by atoms with E-state index in [1.165, 1.54) is 25.1 Å². The Labute approximate surface area is 135 Å². The third-order valence-corrected chi connectivity index (χ3v) is 3.28. The first-order valence-corrected chi connectivity index (χ1v) is 6.98. The number of carboxylic acids is 1. The molecular formula is C16H13FN4O3. The standard InChI is InChI=1S/C16H13FN4O3/c1-8(22)19-10-4-12-11(6-14(20-12)16(23)24)13(5-10)21-15-3-2-9(17)7-18-15/h2-7,20H,1H3,(H,18,21)(H,19,22)(H,23,24). The Kier molecular flexibility index (Phi) is 3.87. The Morgan fingerprint density at radius 3 is 2.67 bits per heavy atom. The van der Waals surface area contributed by atoms with Crippen LogP contribution in [0.4, 0.5) is 21.6 Å². The van der Waals surface area contributed by atoms with Crippen LogP contribution in [-0.2, 0) is 4.79 Å². The molecule has 0 fully saturated rings. The van der Waals surface area contributed by atoms with Crippen LogP contribution in [0.25, 0.3) is 10.9 Å². The molecule has 1 aromatic carbocycles. The van der Waals surface area contributed by atoms with E-state index in [0.717, 1.165) is 6.20 Å². The fourth-order valence-corrected chi connectivity index (χ4v) is 2.32. The highest BCUT2D eigenvalue weighted by Gasteiger charge is 2.13. The van der Waals surface area contributed by atoms with E-state index >= 15 is 0 Å². The Hall–Kier alpha value is -3.42. The summed E-state index contributed by atoms with van der Waals surface area (Å²) >= 11 is 0. The Morgan fingerprint density at radius 2 is 2.04 bits per heavy atom. The zero-order chi connectivity index (χ0) is 17.3. The maximum atomic E-state index is 13.0. The predicted molar refractivity (Wildman–Crippen MR) is 87.0 cm³/mol. The second kappa shape index (κ2) is 5.99. The maximum Gasteiger partial charge on any atom is 0.352 e. The zero-order valence-electron chi connectivity index (χ0n) is 12.6. The van der Waals surface area contributed by atoms with Gasteiger partial charge >= 0.3 is 5.97 Å². The molecule has 0 aliphatic rings. The average Bonchev–Trinajstić information content (AvgIpc) is 2.93. The molecule has 2 aromatic heterocycles. The molecule has 1 amide bonds. The number of carboxylic acid groups (broad SMARTS) is 1. The smallest absolute Gasteiger partial charge is 0.352 e. The van der Waals surface area contributed by atoms with Crippen molar-refractivity contribution in [1.29, 1.82) is 0 Å². The second-order valence-electron chi connectivity index (χ2n) is 5.14. The molecule has 0 atom stereocenters. The molecule has 24 heavy (non-hydrogen) atoms. The van der Waals surface area contributed by atoms with Crippen LogP contribution < -0.4 is 10.6 Å². The number of hydrogen-bond donors (Lipinski definition) is 4. The molecule has 0 bridgehead atoms. The minimum absolute atomic E-state index is 0.0140. The first kappa shape index (κ1) is 15.5. The van der Waals surface area contributed by atoms with Gasteiger partial charge in [0, 0.05) is 18.0 Å². The highest BCUT2D eigenvalue weighted by atomic mass is 19.1. The number of aromatic nitrogens is 2. The number of amides is 1. The van der Waals surface area contributed by atoms with Gasteiger partial charge in [-0.2, -0.15) is 0 Å². The lowest BCUT2D eigenvalue weighted by Gasteiger charge is -2.10. The number of H-pyrrole nitrogens is 1. The van der Waals surface area contributed by atoms with Crippen molar-refractivity contribution in [1.82, 2.24) is 9.97 Å². The van der Waals surface area contributed by atoms with Crippen LogP contribution in [0.15, 0.2) is 36.5 Å². The molecule has 0 aliphatic heterocycles. The monoisotopic (exact) mass is 328 g/mol. The van der Waals surface area contributed by atoms with E-state index in [4.69, 9.17) is 5.11 Å². The Bertz CT molecular complexity index is 934. The molecule has 8 heteroatoms. The van der Waals surface area contributed by atoms with Crippen molar-refractivity contribution >= 4 is 40.0 Å². The number of carbonyl (C=O) groups excluding carboxylic acids is 1. The van der Waals surface area contributed by atoms with Crippen molar-refractivity contribution in [3.63, 3.8) is 0 Å². The third-order valence-electron chi connectivity index (χ3n) is 3.28. The zero-order valence-corrected chi connectivity index (χ0v) is 12.6. The molecule has 0 saturated heterocycles. The lowest BCUT2D eigenvalue weighted by atomic mass is 10.2. The van der Waals surface area contributed by atoms with Crippen molar-refractivity contribution in [2.24, 2.45) is 0 Å². The molecule has 0 spiro atoms. The molecular weight excluding hydrogens is 315 g/mol. The van der Waals surface area contributed by atoms with Crippen molar-refractivity contribution < 1.29 is 19.1 Å². The summed E-state index contributed by atoms with van der Waals surface area (Å²) in [5.74, 6) is -1.44. The molecule has 3 aromatic rings. The Balaban J connectivity index is 2.09. The van der Waals surface area contributed by atoms with E-state index < -0.39 is 11.8 Å². The van der Waals surface area contributed by atoms with Crippen LogP contribution in [0.1, 0.15) is 17.4 Å². The number of hydrogen-bond acceptors (Lipinski definition) is 4. The summed E-state index contributed by atoms with van der Waals surface area (Å²) in [6.45, 7) is 1.37. The number of anilines is 3. The van der Waals surface area contributed by atoms with Gasteiger partial charge < -0.3 is 20.7 Å². The number of rotatable bonds is 4. The van der Waals surface area contributed by atoms with Gasteiger partial charge in [-0.05, 0) is 30.3 Å². The van der Waals surface area contributed by atoms with Gasteiger partial charge in [0.25, 0.3) is 0 Å². The Morgan fingerprint density at radius 1 is 1.25 bits per heavy atom. The number of fused-ring (bicyclic) bond motifs is 1. The summed E-state index contributed by atoms with van der Waals surface area (Å²) in [4.78, 5) is 29.1. The maximum absolute atomic E-state index is 13.0. The topological polar surface area (TPSA) is 107 Å². The molecule has 0 radical (unpaired) electrons. The van der Waals surface area contributed by atoms with Crippen LogP contribution >= 0.6 is 0 Å². The molecule has 7 nitrogen and oxygen atoms in total. The highest BCUT2D eigenvalue weighted by Crippen LogP contribution is 2.31. The predicted octanol–water partition coefficient (Wildman–Crippen LogP) is 3.10. The first-order chi connectivity index (χ1) is 11.4. The van der Waals surface area contributed by atoms with Gasteiger partial charge in [-0.15, -0.1) is 0 Å².